The lowest BCUT2D eigenvalue weighted by molar-refractivity contribution is 0.0697. The first-order valence-electron chi connectivity index (χ1n) is 7.78. The summed E-state index contributed by atoms with van der Waals surface area (Å²) in [6.45, 7) is 0. The second-order valence-corrected chi connectivity index (χ2v) is 5.52. The van der Waals surface area contributed by atoms with Crippen LogP contribution in [0.1, 0.15) is 10.4 Å². The normalized spacial score (nSPS) is 10.3. The van der Waals surface area contributed by atoms with Gasteiger partial charge in [0.1, 0.15) is 11.5 Å². The van der Waals surface area contributed by atoms with Gasteiger partial charge in [0.2, 0.25) is 0 Å². The van der Waals surface area contributed by atoms with Crippen molar-refractivity contribution in [3.63, 3.8) is 0 Å². The number of methoxy groups -OCH3 is 2. The number of hydrogen-bond donors (Lipinski definition) is 1. The first kappa shape index (κ1) is 16.6. The summed E-state index contributed by atoms with van der Waals surface area (Å²) in [5, 5.41) is 9.33. The summed E-state index contributed by atoms with van der Waals surface area (Å²) >= 11 is 0. The number of benzene rings is 3. The van der Waals surface area contributed by atoms with E-state index in [1.807, 2.05) is 54.6 Å². The number of carbonyl (C=O) groups is 1. The Hall–Kier alpha value is -3.27. The Morgan fingerprint density at radius 1 is 0.720 bits per heavy atom. The number of carboxylic acid groups (broad SMARTS) is 1. The van der Waals surface area contributed by atoms with E-state index in [0.717, 1.165) is 33.8 Å². The highest BCUT2D eigenvalue weighted by Crippen LogP contribution is 2.34. The molecule has 0 heterocycles. The van der Waals surface area contributed by atoms with Gasteiger partial charge in [-0.2, -0.15) is 0 Å². The lowest BCUT2D eigenvalue weighted by Crippen LogP contribution is -1.97. The summed E-state index contributed by atoms with van der Waals surface area (Å²) in [6.07, 6.45) is 0. The monoisotopic (exact) mass is 334 g/mol. The maximum absolute atomic E-state index is 11.4. The number of rotatable bonds is 5. The molecule has 0 unspecified atom stereocenters. The van der Waals surface area contributed by atoms with Gasteiger partial charge < -0.3 is 14.6 Å². The van der Waals surface area contributed by atoms with Crippen LogP contribution >= 0.6 is 0 Å². The standard InChI is InChI=1S/C21H18O4/c1-24-17-8-3-14(4-9-17)19-12-7-16(21(22)23)13-20(19)15-5-10-18(25-2)11-6-15/h3-13H,1-2H3,(H,22,23). The molecule has 0 aromatic heterocycles. The molecule has 0 saturated carbocycles. The van der Waals surface area contributed by atoms with Gasteiger partial charge in [-0.25, -0.2) is 4.79 Å². The Bertz CT molecular complexity index is 881. The molecule has 0 radical (unpaired) electrons. The molecule has 0 spiro atoms. The van der Waals surface area contributed by atoms with Crippen molar-refractivity contribution in [3.8, 4) is 33.8 Å². The van der Waals surface area contributed by atoms with Crippen molar-refractivity contribution in [3.05, 3.63) is 72.3 Å². The van der Waals surface area contributed by atoms with Crippen molar-refractivity contribution < 1.29 is 19.4 Å². The topological polar surface area (TPSA) is 55.8 Å². The lowest BCUT2D eigenvalue weighted by Gasteiger charge is -2.12. The van der Waals surface area contributed by atoms with Crippen molar-refractivity contribution in [2.45, 2.75) is 0 Å². The Kier molecular flexibility index (Phi) is 4.70. The Balaban J connectivity index is 2.14. The van der Waals surface area contributed by atoms with Gasteiger partial charge in [-0.3, -0.25) is 0 Å². The molecule has 0 aliphatic heterocycles. The number of aromatic carboxylic acids is 1. The Labute approximate surface area is 146 Å². The number of carboxylic acids is 1. The third-order valence-corrected chi connectivity index (χ3v) is 4.07. The van der Waals surface area contributed by atoms with Gasteiger partial charge in [0, 0.05) is 0 Å². The van der Waals surface area contributed by atoms with Crippen LogP contribution in [0.3, 0.4) is 0 Å². The van der Waals surface area contributed by atoms with Crippen LogP contribution in [-0.4, -0.2) is 25.3 Å². The van der Waals surface area contributed by atoms with E-state index in [9.17, 15) is 9.90 Å². The summed E-state index contributed by atoms with van der Waals surface area (Å²) in [4.78, 5) is 11.4. The zero-order chi connectivity index (χ0) is 17.8. The van der Waals surface area contributed by atoms with E-state index in [1.54, 1.807) is 26.4 Å². The lowest BCUT2D eigenvalue weighted by atomic mass is 9.92. The molecule has 25 heavy (non-hydrogen) atoms. The minimum absolute atomic E-state index is 0.253. The molecule has 126 valence electrons. The fraction of sp³-hybridized carbons (Fsp3) is 0.0952. The summed E-state index contributed by atoms with van der Waals surface area (Å²) < 4.78 is 10.4. The average molecular weight is 334 g/mol. The SMILES string of the molecule is COc1ccc(-c2ccc(C(=O)O)cc2-c2ccc(OC)cc2)cc1. The number of ether oxygens (including phenoxy) is 2. The van der Waals surface area contributed by atoms with Gasteiger partial charge in [-0.1, -0.05) is 30.3 Å². The highest BCUT2D eigenvalue weighted by Gasteiger charge is 2.12. The third kappa shape index (κ3) is 3.48. The Morgan fingerprint density at radius 3 is 1.64 bits per heavy atom. The van der Waals surface area contributed by atoms with Gasteiger partial charge in [0.25, 0.3) is 0 Å². The summed E-state index contributed by atoms with van der Waals surface area (Å²) in [7, 11) is 3.24. The van der Waals surface area contributed by atoms with E-state index in [4.69, 9.17) is 9.47 Å². The van der Waals surface area contributed by atoms with Crippen LogP contribution in [0.25, 0.3) is 22.3 Å². The molecule has 0 amide bonds. The van der Waals surface area contributed by atoms with E-state index >= 15 is 0 Å². The smallest absolute Gasteiger partial charge is 0.335 e. The minimum Gasteiger partial charge on any atom is -0.497 e. The first-order valence-corrected chi connectivity index (χ1v) is 7.78. The minimum atomic E-state index is -0.948. The predicted molar refractivity (Wildman–Crippen MR) is 97.4 cm³/mol. The second kappa shape index (κ2) is 7.09. The van der Waals surface area contributed by atoms with Crippen molar-refractivity contribution >= 4 is 5.97 Å². The maximum Gasteiger partial charge on any atom is 0.335 e. The third-order valence-electron chi connectivity index (χ3n) is 4.07. The highest BCUT2D eigenvalue weighted by molar-refractivity contribution is 5.93. The van der Waals surface area contributed by atoms with E-state index in [0.29, 0.717) is 0 Å². The van der Waals surface area contributed by atoms with Crippen molar-refractivity contribution in [1.82, 2.24) is 0 Å². The predicted octanol–water partition coefficient (Wildman–Crippen LogP) is 4.74. The van der Waals surface area contributed by atoms with E-state index in [-0.39, 0.29) is 5.56 Å². The molecule has 0 saturated heterocycles. The van der Waals surface area contributed by atoms with E-state index < -0.39 is 5.97 Å². The fourth-order valence-corrected chi connectivity index (χ4v) is 2.71. The van der Waals surface area contributed by atoms with Gasteiger partial charge in [0.05, 0.1) is 19.8 Å². The molecule has 0 aliphatic carbocycles. The summed E-state index contributed by atoms with van der Waals surface area (Å²) in [6, 6.07) is 20.4. The molecule has 3 aromatic rings. The zero-order valence-corrected chi connectivity index (χ0v) is 14.0. The Morgan fingerprint density at radius 2 is 1.20 bits per heavy atom. The molecule has 0 atom stereocenters. The largest absolute Gasteiger partial charge is 0.497 e. The van der Waals surface area contributed by atoms with Crippen LogP contribution < -0.4 is 9.47 Å². The molecule has 3 aromatic carbocycles. The van der Waals surface area contributed by atoms with Crippen LogP contribution in [-0.2, 0) is 0 Å². The molecule has 0 bridgehead atoms. The summed E-state index contributed by atoms with van der Waals surface area (Å²) in [5.74, 6) is 0.581. The molecule has 3 rings (SSSR count). The van der Waals surface area contributed by atoms with Crippen LogP contribution in [0.15, 0.2) is 66.7 Å². The first-order chi connectivity index (χ1) is 12.1. The highest BCUT2D eigenvalue weighted by atomic mass is 16.5. The van der Waals surface area contributed by atoms with Crippen LogP contribution in [0, 0.1) is 0 Å². The van der Waals surface area contributed by atoms with Gasteiger partial charge >= 0.3 is 5.97 Å². The molecule has 0 fully saturated rings. The van der Waals surface area contributed by atoms with E-state index in [2.05, 4.69) is 0 Å². The number of hydrogen-bond acceptors (Lipinski definition) is 3. The second-order valence-electron chi connectivity index (χ2n) is 5.52. The fourth-order valence-electron chi connectivity index (χ4n) is 2.71. The van der Waals surface area contributed by atoms with Crippen molar-refractivity contribution in [1.29, 1.82) is 0 Å². The zero-order valence-electron chi connectivity index (χ0n) is 14.0. The van der Waals surface area contributed by atoms with Crippen LogP contribution in [0.5, 0.6) is 11.5 Å². The van der Waals surface area contributed by atoms with Gasteiger partial charge in [0.15, 0.2) is 0 Å². The van der Waals surface area contributed by atoms with Crippen LogP contribution in [0.4, 0.5) is 0 Å². The molecular formula is C21H18O4. The molecule has 4 heteroatoms. The summed E-state index contributed by atoms with van der Waals surface area (Å²) in [5.41, 5.74) is 3.98. The molecule has 4 nitrogen and oxygen atoms in total. The van der Waals surface area contributed by atoms with E-state index in [1.165, 1.54) is 0 Å². The molecule has 0 aliphatic rings. The quantitative estimate of drug-likeness (QED) is 0.732. The van der Waals surface area contributed by atoms with Gasteiger partial charge in [-0.05, 0) is 58.7 Å². The van der Waals surface area contributed by atoms with Gasteiger partial charge in [-0.15, -0.1) is 0 Å². The maximum atomic E-state index is 11.4. The average Bonchev–Trinajstić information content (AvgIpc) is 2.67. The molecule has 1 N–H and O–H groups in total. The molecular weight excluding hydrogens is 316 g/mol. The van der Waals surface area contributed by atoms with Crippen LogP contribution in [0.2, 0.25) is 0 Å². The van der Waals surface area contributed by atoms with Crippen molar-refractivity contribution in [2.24, 2.45) is 0 Å². The van der Waals surface area contributed by atoms with Crippen molar-refractivity contribution in [2.75, 3.05) is 14.2 Å².